The topological polar surface area (TPSA) is 66.2 Å². The molecule has 4 heteroatoms. The minimum atomic E-state index is 0.196. The Balaban J connectivity index is 0.000000151. The van der Waals surface area contributed by atoms with E-state index in [1.807, 2.05) is 49.1 Å². The molecule has 0 spiro atoms. The third-order valence-electron chi connectivity index (χ3n) is 6.16. The SMILES string of the molecule is OCC1(Cc2ccncc2)CCC1.OCC1(Cc2ccncc2)CCC1. The van der Waals surface area contributed by atoms with Crippen LogP contribution in [-0.4, -0.2) is 33.4 Å². The van der Waals surface area contributed by atoms with E-state index in [-0.39, 0.29) is 10.8 Å². The monoisotopic (exact) mass is 354 g/mol. The van der Waals surface area contributed by atoms with Gasteiger partial charge in [-0.2, -0.15) is 0 Å². The van der Waals surface area contributed by atoms with Crippen LogP contribution < -0.4 is 0 Å². The molecule has 2 saturated carbocycles. The van der Waals surface area contributed by atoms with E-state index in [1.165, 1.54) is 49.7 Å². The molecule has 2 N–H and O–H groups in total. The maximum Gasteiger partial charge on any atom is 0.0490 e. The minimum Gasteiger partial charge on any atom is -0.396 e. The zero-order chi connectivity index (χ0) is 18.3. The number of aromatic nitrogens is 2. The maximum absolute atomic E-state index is 9.28. The first-order valence-corrected chi connectivity index (χ1v) is 9.69. The second-order valence-corrected chi connectivity index (χ2v) is 8.09. The molecule has 2 heterocycles. The van der Waals surface area contributed by atoms with Gasteiger partial charge in [-0.05, 0) is 84.7 Å². The van der Waals surface area contributed by atoms with Crippen molar-refractivity contribution < 1.29 is 10.2 Å². The van der Waals surface area contributed by atoms with Crippen LogP contribution in [0.15, 0.2) is 49.1 Å². The highest BCUT2D eigenvalue weighted by molar-refractivity contribution is 5.14. The molecule has 0 saturated heterocycles. The molecular formula is C22H30N2O2. The fourth-order valence-electron chi connectivity index (χ4n) is 4.00. The van der Waals surface area contributed by atoms with Gasteiger partial charge in [-0.1, -0.05) is 12.8 Å². The molecule has 0 amide bonds. The lowest BCUT2D eigenvalue weighted by molar-refractivity contribution is 0.0450. The number of hydrogen-bond donors (Lipinski definition) is 2. The van der Waals surface area contributed by atoms with Gasteiger partial charge in [0.15, 0.2) is 0 Å². The van der Waals surface area contributed by atoms with Gasteiger partial charge in [0.1, 0.15) is 0 Å². The molecule has 2 aliphatic rings. The molecule has 4 rings (SSSR count). The molecule has 0 atom stereocenters. The van der Waals surface area contributed by atoms with Crippen molar-refractivity contribution in [1.82, 2.24) is 9.97 Å². The molecular weight excluding hydrogens is 324 g/mol. The zero-order valence-corrected chi connectivity index (χ0v) is 15.5. The van der Waals surface area contributed by atoms with Crippen LogP contribution in [0.5, 0.6) is 0 Å². The quantitative estimate of drug-likeness (QED) is 0.832. The molecule has 0 bridgehead atoms. The number of hydrogen-bond acceptors (Lipinski definition) is 4. The molecule has 2 aromatic rings. The van der Waals surface area contributed by atoms with Crippen molar-refractivity contribution in [2.75, 3.05) is 13.2 Å². The summed E-state index contributed by atoms with van der Waals surface area (Å²) in [4.78, 5) is 7.97. The van der Waals surface area contributed by atoms with Crippen molar-refractivity contribution >= 4 is 0 Å². The third-order valence-corrected chi connectivity index (χ3v) is 6.16. The molecule has 0 unspecified atom stereocenters. The van der Waals surface area contributed by atoms with E-state index in [4.69, 9.17) is 0 Å². The zero-order valence-electron chi connectivity index (χ0n) is 15.5. The Kier molecular flexibility index (Phi) is 6.38. The van der Waals surface area contributed by atoms with Crippen molar-refractivity contribution in [3.8, 4) is 0 Å². The van der Waals surface area contributed by atoms with Gasteiger partial charge in [-0.3, -0.25) is 9.97 Å². The molecule has 140 valence electrons. The van der Waals surface area contributed by atoms with Crippen molar-refractivity contribution in [2.24, 2.45) is 10.8 Å². The smallest absolute Gasteiger partial charge is 0.0490 e. The lowest BCUT2D eigenvalue weighted by Crippen LogP contribution is -2.35. The van der Waals surface area contributed by atoms with Gasteiger partial charge in [0, 0.05) is 38.0 Å². The normalized spacial score (nSPS) is 19.5. The molecule has 26 heavy (non-hydrogen) atoms. The van der Waals surface area contributed by atoms with E-state index in [9.17, 15) is 10.2 Å². The largest absolute Gasteiger partial charge is 0.396 e. The minimum absolute atomic E-state index is 0.196. The molecule has 0 radical (unpaired) electrons. The van der Waals surface area contributed by atoms with E-state index in [0.717, 1.165) is 12.8 Å². The summed E-state index contributed by atoms with van der Waals surface area (Å²) in [5.41, 5.74) is 2.98. The molecule has 0 aromatic carbocycles. The highest BCUT2D eigenvalue weighted by Crippen LogP contribution is 2.43. The summed E-state index contributed by atoms with van der Waals surface area (Å²) in [7, 11) is 0. The number of nitrogens with zero attached hydrogens (tertiary/aromatic N) is 2. The second-order valence-electron chi connectivity index (χ2n) is 8.09. The third kappa shape index (κ3) is 4.68. The molecule has 2 aliphatic carbocycles. The van der Waals surface area contributed by atoms with E-state index in [1.54, 1.807) is 0 Å². The van der Waals surface area contributed by atoms with Crippen molar-refractivity contribution in [1.29, 1.82) is 0 Å². The highest BCUT2D eigenvalue weighted by atomic mass is 16.3. The fraction of sp³-hybridized carbons (Fsp3) is 0.545. The Morgan fingerprint density at radius 2 is 1.00 bits per heavy atom. The van der Waals surface area contributed by atoms with Gasteiger partial charge < -0.3 is 10.2 Å². The summed E-state index contributed by atoms with van der Waals surface area (Å²) in [5, 5.41) is 18.6. The summed E-state index contributed by atoms with van der Waals surface area (Å²) >= 11 is 0. The predicted molar refractivity (Wildman–Crippen MR) is 103 cm³/mol. The van der Waals surface area contributed by atoms with Crippen LogP contribution in [0.1, 0.15) is 49.7 Å². The number of pyridine rings is 2. The summed E-state index contributed by atoms with van der Waals surface area (Å²) in [6.07, 6.45) is 16.5. The average molecular weight is 354 g/mol. The lowest BCUT2D eigenvalue weighted by Gasteiger charge is -2.40. The second kappa shape index (κ2) is 8.74. The molecule has 0 aliphatic heterocycles. The molecule has 2 fully saturated rings. The summed E-state index contributed by atoms with van der Waals surface area (Å²) in [5.74, 6) is 0. The van der Waals surface area contributed by atoms with Gasteiger partial charge in [-0.15, -0.1) is 0 Å². The lowest BCUT2D eigenvalue weighted by atomic mass is 9.66. The first-order chi connectivity index (χ1) is 12.7. The summed E-state index contributed by atoms with van der Waals surface area (Å²) in [6.45, 7) is 0.657. The van der Waals surface area contributed by atoms with Gasteiger partial charge in [0.2, 0.25) is 0 Å². The van der Waals surface area contributed by atoms with Crippen LogP contribution in [0.4, 0.5) is 0 Å². The first kappa shape index (κ1) is 19.0. The average Bonchev–Trinajstić information content (AvgIpc) is 2.64. The van der Waals surface area contributed by atoms with Crippen LogP contribution in [0.25, 0.3) is 0 Å². The van der Waals surface area contributed by atoms with Gasteiger partial charge in [-0.25, -0.2) is 0 Å². The van der Waals surface area contributed by atoms with E-state index < -0.39 is 0 Å². The van der Waals surface area contributed by atoms with Crippen LogP contribution >= 0.6 is 0 Å². The van der Waals surface area contributed by atoms with Crippen LogP contribution in [-0.2, 0) is 12.8 Å². The Morgan fingerprint density at radius 3 is 1.23 bits per heavy atom. The summed E-state index contributed by atoms with van der Waals surface area (Å²) < 4.78 is 0. The van der Waals surface area contributed by atoms with Crippen molar-refractivity contribution in [3.63, 3.8) is 0 Å². The first-order valence-electron chi connectivity index (χ1n) is 9.69. The standard InChI is InChI=1S/2C11H15NO/c2*13-9-11(4-1-5-11)8-10-2-6-12-7-3-10/h2*2-3,6-7,13H,1,4-5,8-9H2. The Labute approximate surface area is 156 Å². The van der Waals surface area contributed by atoms with E-state index >= 15 is 0 Å². The van der Waals surface area contributed by atoms with Crippen LogP contribution in [0.2, 0.25) is 0 Å². The van der Waals surface area contributed by atoms with Crippen molar-refractivity contribution in [3.05, 3.63) is 60.2 Å². The van der Waals surface area contributed by atoms with Crippen LogP contribution in [0.3, 0.4) is 0 Å². The number of aliphatic hydroxyl groups is 2. The Hall–Kier alpha value is -1.78. The Bertz CT molecular complexity index is 582. The highest BCUT2D eigenvalue weighted by Gasteiger charge is 2.36. The summed E-state index contributed by atoms with van der Waals surface area (Å²) in [6, 6.07) is 8.15. The van der Waals surface area contributed by atoms with Crippen molar-refractivity contribution in [2.45, 2.75) is 51.4 Å². The Morgan fingerprint density at radius 1 is 0.654 bits per heavy atom. The molecule has 2 aromatic heterocycles. The van der Waals surface area contributed by atoms with Crippen LogP contribution in [0, 0.1) is 10.8 Å². The van der Waals surface area contributed by atoms with E-state index in [2.05, 4.69) is 9.97 Å². The maximum atomic E-state index is 9.28. The van der Waals surface area contributed by atoms with Gasteiger partial charge >= 0.3 is 0 Å². The predicted octanol–water partition coefficient (Wildman–Crippen LogP) is 3.57. The van der Waals surface area contributed by atoms with Gasteiger partial charge in [0.05, 0.1) is 0 Å². The number of aliphatic hydroxyl groups excluding tert-OH is 2. The molecule has 4 nitrogen and oxygen atoms in total. The number of rotatable bonds is 6. The van der Waals surface area contributed by atoms with E-state index in [0.29, 0.717) is 13.2 Å². The fourth-order valence-corrected chi connectivity index (χ4v) is 4.00. The van der Waals surface area contributed by atoms with Gasteiger partial charge in [0.25, 0.3) is 0 Å².